The molecule has 0 aliphatic heterocycles. The molecule has 1 saturated carbocycles. The highest BCUT2D eigenvalue weighted by atomic mass is 16.6. The first-order valence-electron chi connectivity index (χ1n) is 8.37. The largest absolute Gasteiger partial charge is 0.460 e. The zero-order valence-electron chi connectivity index (χ0n) is 14.1. The van der Waals surface area contributed by atoms with Crippen molar-refractivity contribution in [1.82, 2.24) is 5.32 Å². The fourth-order valence-electron chi connectivity index (χ4n) is 3.48. The quantitative estimate of drug-likeness (QED) is 0.870. The van der Waals surface area contributed by atoms with Crippen molar-refractivity contribution in [3.63, 3.8) is 0 Å². The van der Waals surface area contributed by atoms with Crippen LogP contribution in [0.3, 0.4) is 0 Å². The summed E-state index contributed by atoms with van der Waals surface area (Å²) >= 11 is 0. The molecule has 2 aliphatic rings. The van der Waals surface area contributed by atoms with Crippen molar-refractivity contribution in [2.45, 2.75) is 64.1 Å². The van der Waals surface area contributed by atoms with E-state index >= 15 is 0 Å². The molecule has 1 aromatic rings. The molecule has 1 unspecified atom stereocenters. The van der Waals surface area contributed by atoms with Gasteiger partial charge >= 0.3 is 5.97 Å². The summed E-state index contributed by atoms with van der Waals surface area (Å²) in [7, 11) is 0. The van der Waals surface area contributed by atoms with Gasteiger partial charge in [0.1, 0.15) is 5.60 Å². The Bertz CT molecular complexity index is 648. The van der Waals surface area contributed by atoms with Crippen LogP contribution in [0.1, 0.15) is 62.8 Å². The molecule has 122 valence electrons. The molecule has 0 bridgehead atoms. The van der Waals surface area contributed by atoms with Crippen LogP contribution in [0, 0.1) is 17.2 Å². The number of nitriles is 1. The Morgan fingerprint density at radius 3 is 2.74 bits per heavy atom. The zero-order chi connectivity index (χ0) is 16.6. The second-order valence-corrected chi connectivity index (χ2v) is 7.68. The zero-order valence-corrected chi connectivity index (χ0v) is 14.1. The Balaban J connectivity index is 1.53. The number of ether oxygens (including phenoxy) is 1. The maximum absolute atomic E-state index is 12.0. The summed E-state index contributed by atoms with van der Waals surface area (Å²) in [5, 5.41) is 12.6. The molecular formula is C19H24N2O2. The maximum atomic E-state index is 12.0. The van der Waals surface area contributed by atoms with Crippen molar-refractivity contribution < 1.29 is 9.53 Å². The number of hydrogen-bond acceptors (Lipinski definition) is 4. The lowest BCUT2D eigenvalue weighted by Gasteiger charge is -2.37. The second kappa shape index (κ2) is 5.98. The average Bonchev–Trinajstić information content (AvgIpc) is 2.82. The van der Waals surface area contributed by atoms with Crippen molar-refractivity contribution in [2.24, 2.45) is 5.92 Å². The van der Waals surface area contributed by atoms with Crippen LogP contribution in [0.25, 0.3) is 0 Å². The molecule has 0 aromatic heterocycles. The molecule has 1 aromatic carbocycles. The molecule has 1 N–H and O–H groups in total. The molecule has 23 heavy (non-hydrogen) atoms. The highest BCUT2D eigenvalue weighted by Crippen LogP contribution is 2.36. The molecule has 0 heterocycles. The van der Waals surface area contributed by atoms with Crippen molar-refractivity contribution in [1.29, 1.82) is 5.26 Å². The van der Waals surface area contributed by atoms with Gasteiger partial charge in [-0.2, -0.15) is 5.26 Å². The molecule has 0 spiro atoms. The summed E-state index contributed by atoms with van der Waals surface area (Å²) in [5.41, 5.74) is 2.92. The Hall–Kier alpha value is -1.86. The molecule has 0 radical (unpaired) electrons. The normalized spacial score (nSPS) is 26.1. The number of hydrogen-bond donors (Lipinski definition) is 1. The summed E-state index contributed by atoms with van der Waals surface area (Å²) in [4.78, 5) is 12.0. The summed E-state index contributed by atoms with van der Waals surface area (Å²) in [6, 6.07) is 8.90. The number of nitrogens with zero attached hydrogens (tertiary/aromatic N) is 1. The highest BCUT2D eigenvalue weighted by molar-refractivity contribution is 5.74. The SMILES string of the molecule is CC(C)(C)OC(=O)C1CC(NC2CCc3cc(C#N)ccc32)C1. The minimum absolute atomic E-state index is 0.0357. The Labute approximate surface area is 137 Å². The van der Waals surface area contributed by atoms with Crippen LogP contribution in [0.15, 0.2) is 18.2 Å². The number of carbonyl (C=O) groups is 1. The monoisotopic (exact) mass is 312 g/mol. The van der Waals surface area contributed by atoms with Gasteiger partial charge < -0.3 is 10.1 Å². The first kappa shape index (κ1) is 16.0. The van der Waals surface area contributed by atoms with Crippen LogP contribution in [0.5, 0.6) is 0 Å². The van der Waals surface area contributed by atoms with E-state index in [1.165, 1.54) is 11.1 Å². The molecule has 2 aliphatic carbocycles. The lowest BCUT2D eigenvalue weighted by molar-refractivity contribution is -0.164. The highest BCUT2D eigenvalue weighted by Gasteiger charge is 2.38. The first-order chi connectivity index (χ1) is 10.9. The number of aryl methyl sites for hydroxylation is 1. The van der Waals surface area contributed by atoms with Gasteiger partial charge in [-0.05, 0) is 69.7 Å². The van der Waals surface area contributed by atoms with E-state index in [-0.39, 0.29) is 11.9 Å². The van der Waals surface area contributed by atoms with E-state index in [1.807, 2.05) is 32.9 Å². The number of fused-ring (bicyclic) bond motifs is 1. The Morgan fingerprint density at radius 2 is 2.09 bits per heavy atom. The molecule has 4 heteroatoms. The predicted octanol–water partition coefficient (Wildman–Crippen LogP) is 3.26. The molecular weight excluding hydrogens is 288 g/mol. The maximum Gasteiger partial charge on any atom is 0.309 e. The Kier molecular flexibility index (Phi) is 4.16. The Morgan fingerprint density at radius 1 is 1.35 bits per heavy atom. The van der Waals surface area contributed by atoms with Crippen LogP contribution in [0.4, 0.5) is 0 Å². The third-order valence-corrected chi connectivity index (χ3v) is 4.66. The van der Waals surface area contributed by atoms with Crippen molar-refractivity contribution >= 4 is 5.97 Å². The minimum atomic E-state index is -0.404. The van der Waals surface area contributed by atoms with Gasteiger partial charge in [0, 0.05) is 12.1 Å². The van der Waals surface area contributed by atoms with E-state index in [0.29, 0.717) is 12.1 Å². The topological polar surface area (TPSA) is 62.1 Å². The van der Waals surface area contributed by atoms with Gasteiger partial charge in [-0.3, -0.25) is 4.79 Å². The molecule has 0 amide bonds. The van der Waals surface area contributed by atoms with E-state index in [0.717, 1.165) is 31.2 Å². The van der Waals surface area contributed by atoms with Crippen molar-refractivity contribution in [3.8, 4) is 6.07 Å². The molecule has 0 saturated heterocycles. The number of benzene rings is 1. The van der Waals surface area contributed by atoms with E-state index < -0.39 is 5.60 Å². The van der Waals surface area contributed by atoms with E-state index in [9.17, 15) is 4.79 Å². The van der Waals surface area contributed by atoms with Gasteiger partial charge in [-0.1, -0.05) is 6.07 Å². The lowest BCUT2D eigenvalue weighted by Crippen LogP contribution is -2.46. The number of carbonyl (C=O) groups excluding carboxylic acids is 1. The van der Waals surface area contributed by atoms with Gasteiger partial charge in [-0.25, -0.2) is 0 Å². The number of esters is 1. The van der Waals surface area contributed by atoms with Crippen molar-refractivity contribution in [3.05, 3.63) is 34.9 Å². The minimum Gasteiger partial charge on any atom is -0.460 e. The summed E-state index contributed by atoms with van der Waals surface area (Å²) in [6.45, 7) is 5.72. The number of rotatable bonds is 3. The fraction of sp³-hybridized carbons (Fsp3) is 0.579. The summed E-state index contributed by atoms with van der Waals surface area (Å²) in [5.74, 6) is -0.0328. The van der Waals surface area contributed by atoms with Gasteiger partial charge in [0.05, 0.1) is 17.6 Å². The third-order valence-electron chi connectivity index (χ3n) is 4.66. The molecule has 1 fully saturated rings. The molecule has 3 rings (SSSR count). The van der Waals surface area contributed by atoms with Crippen LogP contribution in [0.2, 0.25) is 0 Å². The van der Waals surface area contributed by atoms with Crippen LogP contribution < -0.4 is 5.32 Å². The summed E-state index contributed by atoms with van der Waals surface area (Å²) in [6.07, 6.45) is 3.80. The molecule has 1 atom stereocenters. The fourth-order valence-corrected chi connectivity index (χ4v) is 3.48. The van der Waals surface area contributed by atoms with Gasteiger partial charge in [0.15, 0.2) is 0 Å². The first-order valence-corrected chi connectivity index (χ1v) is 8.37. The van der Waals surface area contributed by atoms with Gasteiger partial charge in [-0.15, -0.1) is 0 Å². The van der Waals surface area contributed by atoms with Gasteiger partial charge in [0.25, 0.3) is 0 Å². The number of nitrogens with one attached hydrogen (secondary N) is 1. The van der Waals surface area contributed by atoms with E-state index in [1.54, 1.807) is 0 Å². The van der Waals surface area contributed by atoms with Crippen molar-refractivity contribution in [2.75, 3.05) is 0 Å². The van der Waals surface area contributed by atoms with E-state index in [4.69, 9.17) is 10.00 Å². The van der Waals surface area contributed by atoms with Crippen LogP contribution in [-0.4, -0.2) is 17.6 Å². The van der Waals surface area contributed by atoms with Gasteiger partial charge in [0.2, 0.25) is 0 Å². The third kappa shape index (κ3) is 3.56. The van der Waals surface area contributed by atoms with E-state index in [2.05, 4.69) is 17.5 Å². The summed E-state index contributed by atoms with van der Waals surface area (Å²) < 4.78 is 5.44. The van der Waals surface area contributed by atoms with Crippen LogP contribution in [-0.2, 0) is 16.0 Å². The lowest BCUT2D eigenvalue weighted by atomic mass is 9.79. The predicted molar refractivity (Wildman–Crippen MR) is 87.7 cm³/mol. The average molecular weight is 312 g/mol. The standard InChI is InChI=1S/C19H24N2O2/c1-19(2,3)23-18(22)14-9-15(10-14)21-17-7-5-13-8-12(11-20)4-6-16(13)17/h4,6,8,14-15,17,21H,5,7,9-10H2,1-3H3. The second-order valence-electron chi connectivity index (χ2n) is 7.68. The van der Waals surface area contributed by atoms with Crippen LogP contribution >= 0.6 is 0 Å². The molecule has 4 nitrogen and oxygen atoms in total. The smallest absolute Gasteiger partial charge is 0.309 e.